The third-order valence-corrected chi connectivity index (χ3v) is 3.03. The molecule has 2 atom stereocenters. The highest BCUT2D eigenvalue weighted by molar-refractivity contribution is 5.87. The first-order chi connectivity index (χ1) is 8.63. The van der Waals surface area contributed by atoms with Gasteiger partial charge in [0.15, 0.2) is 5.65 Å². The van der Waals surface area contributed by atoms with Gasteiger partial charge in [-0.3, -0.25) is 5.10 Å². The zero-order chi connectivity index (χ0) is 12.7. The van der Waals surface area contributed by atoms with Gasteiger partial charge in [-0.1, -0.05) is 0 Å². The molecule has 7 heteroatoms. The Balaban J connectivity index is 2.05. The molecule has 0 spiro atoms. The Morgan fingerprint density at radius 2 is 2.06 bits per heavy atom. The van der Waals surface area contributed by atoms with Crippen LogP contribution in [0.4, 0.5) is 11.8 Å². The summed E-state index contributed by atoms with van der Waals surface area (Å²) in [5, 5.41) is 7.71. The summed E-state index contributed by atoms with van der Waals surface area (Å²) < 4.78 is 5.72. The zero-order valence-corrected chi connectivity index (χ0v) is 10.4. The van der Waals surface area contributed by atoms with Crippen LogP contribution in [0.1, 0.15) is 13.8 Å². The summed E-state index contributed by atoms with van der Waals surface area (Å²) in [6, 6.07) is 0. The fourth-order valence-electron chi connectivity index (χ4n) is 2.43. The number of nitrogens with one attached hydrogen (secondary N) is 1. The Kier molecular flexibility index (Phi) is 2.55. The van der Waals surface area contributed by atoms with Gasteiger partial charge in [-0.15, -0.1) is 0 Å². The van der Waals surface area contributed by atoms with E-state index in [4.69, 9.17) is 10.5 Å². The Hall–Kier alpha value is -1.89. The molecule has 0 amide bonds. The van der Waals surface area contributed by atoms with E-state index in [1.54, 1.807) is 6.20 Å². The molecule has 1 aliphatic heterocycles. The molecule has 18 heavy (non-hydrogen) atoms. The third kappa shape index (κ3) is 1.86. The van der Waals surface area contributed by atoms with E-state index in [9.17, 15) is 0 Å². The second-order valence-electron chi connectivity index (χ2n) is 4.70. The highest BCUT2D eigenvalue weighted by Crippen LogP contribution is 2.25. The van der Waals surface area contributed by atoms with Gasteiger partial charge in [0.1, 0.15) is 5.82 Å². The van der Waals surface area contributed by atoms with E-state index in [1.165, 1.54) is 0 Å². The number of hydrogen-bond acceptors (Lipinski definition) is 6. The van der Waals surface area contributed by atoms with E-state index >= 15 is 0 Å². The SMILES string of the molecule is CC1CN(c2nc(N)nc3[nH]ncc23)CC(C)O1. The van der Waals surface area contributed by atoms with Gasteiger partial charge < -0.3 is 15.4 Å². The third-order valence-electron chi connectivity index (χ3n) is 3.03. The van der Waals surface area contributed by atoms with Gasteiger partial charge in [0.2, 0.25) is 5.95 Å². The van der Waals surface area contributed by atoms with Gasteiger partial charge in [0, 0.05) is 13.1 Å². The van der Waals surface area contributed by atoms with E-state index in [1.807, 2.05) is 0 Å². The normalized spacial score (nSPS) is 24.7. The number of nitrogens with zero attached hydrogens (tertiary/aromatic N) is 4. The number of aromatic nitrogens is 4. The Morgan fingerprint density at radius 3 is 2.78 bits per heavy atom. The van der Waals surface area contributed by atoms with Gasteiger partial charge in [-0.2, -0.15) is 15.1 Å². The maximum Gasteiger partial charge on any atom is 0.224 e. The van der Waals surface area contributed by atoms with Crippen molar-refractivity contribution < 1.29 is 4.74 Å². The molecule has 2 aromatic rings. The smallest absolute Gasteiger partial charge is 0.224 e. The summed E-state index contributed by atoms with van der Waals surface area (Å²) in [7, 11) is 0. The van der Waals surface area contributed by atoms with Crippen molar-refractivity contribution >= 4 is 22.8 Å². The molecule has 0 bridgehead atoms. The number of anilines is 2. The van der Waals surface area contributed by atoms with Crippen LogP contribution < -0.4 is 10.6 Å². The van der Waals surface area contributed by atoms with Crippen molar-refractivity contribution in [2.45, 2.75) is 26.1 Å². The number of H-pyrrole nitrogens is 1. The van der Waals surface area contributed by atoms with Crippen molar-refractivity contribution in [3.8, 4) is 0 Å². The van der Waals surface area contributed by atoms with Crippen LogP contribution in [0.3, 0.4) is 0 Å². The molecule has 0 saturated carbocycles. The first-order valence-electron chi connectivity index (χ1n) is 6.00. The largest absolute Gasteiger partial charge is 0.372 e. The molecule has 3 rings (SSSR count). The summed E-state index contributed by atoms with van der Waals surface area (Å²) in [6.07, 6.45) is 2.08. The topological polar surface area (TPSA) is 93.0 Å². The highest BCUT2D eigenvalue weighted by Gasteiger charge is 2.25. The molecular formula is C11H16N6O. The lowest BCUT2D eigenvalue weighted by atomic mass is 10.2. The predicted octanol–water partition coefficient (Wildman–Crippen LogP) is 0.549. The number of fused-ring (bicyclic) bond motifs is 1. The second kappa shape index (κ2) is 4.09. The van der Waals surface area contributed by atoms with Crippen molar-refractivity contribution in [3.05, 3.63) is 6.20 Å². The average Bonchev–Trinajstić information content (AvgIpc) is 2.74. The minimum atomic E-state index is 0.173. The predicted molar refractivity (Wildman–Crippen MR) is 68.3 cm³/mol. The van der Waals surface area contributed by atoms with E-state index in [0.717, 1.165) is 24.3 Å². The van der Waals surface area contributed by atoms with Gasteiger partial charge in [-0.25, -0.2) is 0 Å². The number of nitrogen functional groups attached to an aromatic ring is 1. The summed E-state index contributed by atoms with van der Waals surface area (Å²) in [6.45, 7) is 5.70. The van der Waals surface area contributed by atoms with Gasteiger partial charge in [0.05, 0.1) is 23.8 Å². The number of aromatic amines is 1. The van der Waals surface area contributed by atoms with Crippen LogP contribution in [0.5, 0.6) is 0 Å². The molecule has 0 radical (unpaired) electrons. The zero-order valence-electron chi connectivity index (χ0n) is 10.4. The summed E-state index contributed by atoms with van der Waals surface area (Å²) in [4.78, 5) is 10.6. The van der Waals surface area contributed by atoms with Crippen molar-refractivity contribution in [1.29, 1.82) is 0 Å². The van der Waals surface area contributed by atoms with Gasteiger partial charge in [0.25, 0.3) is 0 Å². The molecule has 1 saturated heterocycles. The summed E-state index contributed by atoms with van der Waals surface area (Å²) >= 11 is 0. The lowest BCUT2D eigenvalue weighted by Crippen LogP contribution is -2.46. The molecule has 2 unspecified atom stereocenters. The maximum absolute atomic E-state index is 5.73. The maximum atomic E-state index is 5.73. The van der Waals surface area contributed by atoms with Crippen LogP contribution in [0.15, 0.2) is 6.20 Å². The first-order valence-corrected chi connectivity index (χ1v) is 6.00. The number of morpholine rings is 1. The number of rotatable bonds is 1. The standard InChI is InChI=1S/C11H16N6O/c1-6-4-17(5-7(2)18-6)10-8-3-13-16-9(8)14-11(12)15-10/h3,6-7H,4-5H2,1-2H3,(H3,12,13,14,15,16). The van der Waals surface area contributed by atoms with Crippen LogP contribution in [-0.4, -0.2) is 45.5 Å². The number of ether oxygens (including phenoxy) is 1. The molecular weight excluding hydrogens is 232 g/mol. The highest BCUT2D eigenvalue weighted by atomic mass is 16.5. The Morgan fingerprint density at radius 1 is 1.33 bits per heavy atom. The molecule has 3 N–H and O–H groups in total. The van der Waals surface area contributed by atoms with E-state index in [-0.39, 0.29) is 18.2 Å². The first kappa shape index (κ1) is 11.2. The second-order valence-corrected chi connectivity index (χ2v) is 4.70. The van der Waals surface area contributed by atoms with E-state index in [0.29, 0.717) is 5.65 Å². The minimum Gasteiger partial charge on any atom is -0.372 e. The number of hydrogen-bond donors (Lipinski definition) is 2. The van der Waals surface area contributed by atoms with Crippen LogP contribution >= 0.6 is 0 Å². The molecule has 0 aromatic carbocycles. The number of nitrogens with two attached hydrogens (primary N) is 1. The lowest BCUT2D eigenvalue weighted by molar-refractivity contribution is -0.00536. The van der Waals surface area contributed by atoms with Crippen LogP contribution in [0.25, 0.3) is 11.0 Å². The summed E-state index contributed by atoms with van der Waals surface area (Å²) in [5.41, 5.74) is 6.40. The summed E-state index contributed by atoms with van der Waals surface area (Å²) in [5.74, 6) is 1.08. The minimum absolute atomic E-state index is 0.173. The molecule has 96 valence electrons. The molecule has 1 aliphatic rings. The van der Waals surface area contributed by atoms with Crippen molar-refractivity contribution in [2.24, 2.45) is 0 Å². The monoisotopic (exact) mass is 248 g/mol. The van der Waals surface area contributed by atoms with Crippen LogP contribution in [0.2, 0.25) is 0 Å². The fraction of sp³-hybridized carbons (Fsp3) is 0.545. The molecule has 7 nitrogen and oxygen atoms in total. The van der Waals surface area contributed by atoms with Gasteiger partial charge >= 0.3 is 0 Å². The average molecular weight is 248 g/mol. The van der Waals surface area contributed by atoms with E-state index in [2.05, 4.69) is 38.9 Å². The fourth-order valence-corrected chi connectivity index (χ4v) is 2.43. The molecule has 0 aliphatic carbocycles. The quantitative estimate of drug-likeness (QED) is 0.765. The van der Waals surface area contributed by atoms with Crippen LogP contribution in [0, 0.1) is 0 Å². The molecule has 3 heterocycles. The Labute approximate surface area is 104 Å². The van der Waals surface area contributed by atoms with E-state index < -0.39 is 0 Å². The van der Waals surface area contributed by atoms with Crippen LogP contribution in [-0.2, 0) is 4.74 Å². The molecule has 1 fully saturated rings. The van der Waals surface area contributed by atoms with Gasteiger partial charge in [-0.05, 0) is 13.8 Å². The van der Waals surface area contributed by atoms with Crippen molar-refractivity contribution in [2.75, 3.05) is 23.7 Å². The van der Waals surface area contributed by atoms with Crippen molar-refractivity contribution in [3.63, 3.8) is 0 Å². The Bertz CT molecular complexity index is 558. The lowest BCUT2D eigenvalue weighted by Gasteiger charge is -2.36. The molecule has 2 aromatic heterocycles. The van der Waals surface area contributed by atoms with Crippen molar-refractivity contribution in [1.82, 2.24) is 20.2 Å².